The lowest BCUT2D eigenvalue weighted by Gasteiger charge is -2.34. The number of rotatable bonds is 14. The fourth-order valence-corrected chi connectivity index (χ4v) is 6.49. The summed E-state index contributed by atoms with van der Waals surface area (Å²) in [6, 6.07) is 30.3. The second kappa shape index (κ2) is 15.6. The summed E-state index contributed by atoms with van der Waals surface area (Å²) in [6.07, 6.45) is 0.239. The van der Waals surface area contributed by atoms with Crippen molar-refractivity contribution in [3.05, 3.63) is 125 Å². The number of carbonyl (C=O) groups excluding carboxylic acids is 2. The highest BCUT2D eigenvalue weighted by atomic mass is 35.5. The van der Waals surface area contributed by atoms with Gasteiger partial charge in [0.15, 0.2) is 0 Å². The van der Waals surface area contributed by atoms with Crippen LogP contribution in [-0.2, 0) is 32.6 Å². The first-order valence-corrected chi connectivity index (χ1v) is 16.5. The Morgan fingerprint density at radius 1 is 0.844 bits per heavy atom. The third-order valence-electron chi connectivity index (χ3n) is 7.18. The van der Waals surface area contributed by atoms with Gasteiger partial charge in [0, 0.05) is 19.5 Å². The van der Waals surface area contributed by atoms with Gasteiger partial charge in [0.25, 0.3) is 10.0 Å². The zero-order valence-electron chi connectivity index (χ0n) is 25.6. The number of sulfonamides is 1. The Kier molecular flexibility index (Phi) is 11.6. The molecule has 45 heavy (non-hydrogen) atoms. The number of amides is 2. The van der Waals surface area contributed by atoms with Crippen LogP contribution in [0.3, 0.4) is 0 Å². The smallest absolute Gasteiger partial charge is 0.264 e. The first kappa shape index (κ1) is 33.6. The molecule has 0 fully saturated rings. The lowest BCUT2D eigenvalue weighted by atomic mass is 10.0. The highest BCUT2D eigenvalue weighted by molar-refractivity contribution is 7.92. The van der Waals surface area contributed by atoms with Crippen LogP contribution in [0.15, 0.2) is 114 Å². The van der Waals surface area contributed by atoms with E-state index in [9.17, 15) is 18.0 Å². The molecule has 10 heteroatoms. The molecule has 0 aliphatic rings. The van der Waals surface area contributed by atoms with E-state index in [1.54, 1.807) is 24.3 Å². The molecule has 0 bridgehead atoms. The van der Waals surface area contributed by atoms with Gasteiger partial charge in [-0.3, -0.25) is 13.9 Å². The minimum Gasteiger partial charge on any atom is -0.495 e. The van der Waals surface area contributed by atoms with Gasteiger partial charge in [-0.15, -0.1) is 0 Å². The van der Waals surface area contributed by atoms with Crippen LogP contribution in [-0.4, -0.2) is 51.4 Å². The molecule has 0 spiro atoms. The standard InChI is InChI=1S/C35H38ClN3O5S/c1-26(2)23-37-35(41)32(21-27-13-7-4-8-14-27)38(24-28-15-9-5-10-16-28)34(40)25-39(29-19-20-33(44-3)31(36)22-29)45(42,43)30-17-11-6-12-18-30/h4-20,22,26,32H,21,23-25H2,1-3H3,(H,37,41). The molecule has 1 N–H and O–H groups in total. The number of ether oxygens (including phenoxy) is 1. The molecule has 0 aliphatic heterocycles. The van der Waals surface area contributed by atoms with Crippen molar-refractivity contribution < 1.29 is 22.7 Å². The first-order valence-electron chi connectivity index (χ1n) is 14.7. The van der Waals surface area contributed by atoms with Crippen molar-refractivity contribution in [2.24, 2.45) is 5.92 Å². The number of hydrogen-bond donors (Lipinski definition) is 1. The molecule has 0 heterocycles. The molecular formula is C35H38ClN3O5S. The van der Waals surface area contributed by atoms with Crippen molar-refractivity contribution in [3.63, 3.8) is 0 Å². The quantitative estimate of drug-likeness (QED) is 0.182. The number of nitrogens with one attached hydrogen (secondary N) is 1. The van der Waals surface area contributed by atoms with Gasteiger partial charge in [-0.05, 0) is 47.4 Å². The summed E-state index contributed by atoms with van der Waals surface area (Å²) < 4.78 is 34.5. The monoisotopic (exact) mass is 647 g/mol. The van der Waals surface area contributed by atoms with Crippen LogP contribution < -0.4 is 14.4 Å². The van der Waals surface area contributed by atoms with Crippen LogP contribution in [0.1, 0.15) is 25.0 Å². The highest BCUT2D eigenvalue weighted by Gasteiger charge is 2.34. The minimum absolute atomic E-state index is 0.00913. The van der Waals surface area contributed by atoms with Gasteiger partial charge < -0.3 is 15.0 Å². The molecule has 8 nitrogen and oxygen atoms in total. The maximum absolute atomic E-state index is 14.5. The fraction of sp³-hybridized carbons (Fsp3) is 0.257. The Morgan fingerprint density at radius 3 is 1.98 bits per heavy atom. The predicted octanol–water partition coefficient (Wildman–Crippen LogP) is 5.96. The van der Waals surface area contributed by atoms with E-state index < -0.39 is 28.5 Å². The van der Waals surface area contributed by atoms with E-state index >= 15 is 0 Å². The molecule has 4 aromatic rings. The third-order valence-corrected chi connectivity index (χ3v) is 9.27. The summed E-state index contributed by atoms with van der Waals surface area (Å²) in [5.41, 5.74) is 1.84. The lowest BCUT2D eigenvalue weighted by Crippen LogP contribution is -2.53. The summed E-state index contributed by atoms with van der Waals surface area (Å²) in [5, 5.41) is 3.18. The van der Waals surface area contributed by atoms with Gasteiger partial charge in [0.05, 0.1) is 22.7 Å². The van der Waals surface area contributed by atoms with Gasteiger partial charge in [-0.1, -0.05) is 104 Å². The second-order valence-electron chi connectivity index (χ2n) is 11.0. The van der Waals surface area contributed by atoms with Crippen molar-refractivity contribution >= 4 is 39.1 Å². The zero-order valence-corrected chi connectivity index (χ0v) is 27.2. The third kappa shape index (κ3) is 8.86. The van der Waals surface area contributed by atoms with Crippen LogP contribution >= 0.6 is 11.6 Å². The lowest BCUT2D eigenvalue weighted by molar-refractivity contribution is -0.140. The number of benzene rings is 4. The minimum atomic E-state index is -4.23. The molecule has 0 aliphatic carbocycles. The molecule has 0 saturated carbocycles. The average molecular weight is 648 g/mol. The first-order chi connectivity index (χ1) is 21.6. The number of hydrogen-bond acceptors (Lipinski definition) is 5. The largest absolute Gasteiger partial charge is 0.495 e. The molecule has 2 amide bonds. The summed E-state index contributed by atoms with van der Waals surface area (Å²) >= 11 is 6.42. The van der Waals surface area contributed by atoms with Crippen LogP contribution in [0, 0.1) is 5.92 Å². The molecule has 0 aromatic heterocycles. The predicted molar refractivity (Wildman–Crippen MR) is 178 cm³/mol. The number of methoxy groups -OCH3 is 1. The second-order valence-corrected chi connectivity index (χ2v) is 13.3. The van der Waals surface area contributed by atoms with E-state index in [4.69, 9.17) is 16.3 Å². The summed E-state index contributed by atoms with van der Waals surface area (Å²) in [7, 11) is -2.77. The molecule has 4 aromatic carbocycles. The highest BCUT2D eigenvalue weighted by Crippen LogP contribution is 2.32. The molecule has 0 saturated heterocycles. The number of carbonyl (C=O) groups is 2. The Bertz CT molecular complexity index is 1670. The van der Waals surface area contributed by atoms with Crippen LogP contribution in [0.4, 0.5) is 5.69 Å². The van der Waals surface area contributed by atoms with Crippen molar-refractivity contribution in [3.8, 4) is 5.75 Å². The molecule has 236 valence electrons. The van der Waals surface area contributed by atoms with E-state index in [1.165, 1.54) is 36.3 Å². The van der Waals surface area contributed by atoms with Crippen LogP contribution in [0.25, 0.3) is 0 Å². The summed E-state index contributed by atoms with van der Waals surface area (Å²) in [6.45, 7) is 3.93. The van der Waals surface area contributed by atoms with E-state index in [0.29, 0.717) is 12.3 Å². The summed E-state index contributed by atoms with van der Waals surface area (Å²) in [4.78, 5) is 29.8. The van der Waals surface area contributed by atoms with Gasteiger partial charge in [-0.25, -0.2) is 8.42 Å². The van der Waals surface area contributed by atoms with Crippen molar-refractivity contribution in [1.29, 1.82) is 0 Å². The van der Waals surface area contributed by atoms with Crippen molar-refractivity contribution in [2.45, 2.75) is 37.8 Å². The molecular weight excluding hydrogens is 610 g/mol. The van der Waals surface area contributed by atoms with Gasteiger partial charge >= 0.3 is 0 Å². The van der Waals surface area contributed by atoms with Gasteiger partial charge in [-0.2, -0.15) is 0 Å². The summed E-state index contributed by atoms with van der Waals surface area (Å²) in [5.74, 6) is -0.317. The van der Waals surface area contributed by atoms with Crippen molar-refractivity contribution in [2.75, 3.05) is 24.5 Å². The fourth-order valence-electron chi connectivity index (χ4n) is 4.82. The number of halogens is 1. The van der Waals surface area contributed by atoms with E-state index in [0.717, 1.165) is 15.4 Å². The SMILES string of the molecule is COc1ccc(N(CC(=O)N(Cc2ccccc2)C(Cc2ccccc2)C(=O)NCC(C)C)S(=O)(=O)c2ccccc2)cc1Cl. The normalized spacial score (nSPS) is 11.9. The Labute approximate surface area is 270 Å². The number of nitrogens with zero attached hydrogens (tertiary/aromatic N) is 2. The maximum atomic E-state index is 14.5. The van der Waals surface area contributed by atoms with E-state index in [-0.39, 0.29) is 40.4 Å². The van der Waals surface area contributed by atoms with Crippen LogP contribution in [0.5, 0.6) is 5.75 Å². The Balaban J connectivity index is 1.80. The van der Waals surface area contributed by atoms with Crippen LogP contribution in [0.2, 0.25) is 5.02 Å². The van der Waals surface area contributed by atoms with Gasteiger partial charge in [0.2, 0.25) is 11.8 Å². The van der Waals surface area contributed by atoms with E-state index in [1.807, 2.05) is 74.5 Å². The Hall–Kier alpha value is -4.34. The zero-order chi connectivity index (χ0) is 32.4. The molecule has 0 radical (unpaired) electrons. The van der Waals surface area contributed by atoms with Gasteiger partial charge in [0.1, 0.15) is 18.3 Å². The maximum Gasteiger partial charge on any atom is 0.264 e. The average Bonchev–Trinajstić information content (AvgIpc) is 3.05. The molecule has 4 rings (SSSR count). The topological polar surface area (TPSA) is 96.0 Å². The Morgan fingerprint density at radius 2 is 1.42 bits per heavy atom. The molecule has 1 atom stereocenters. The van der Waals surface area contributed by atoms with E-state index in [2.05, 4.69) is 5.32 Å². The van der Waals surface area contributed by atoms with Crippen molar-refractivity contribution in [1.82, 2.24) is 10.2 Å². The molecule has 1 unspecified atom stereocenters. The number of anilines is 1.